The molecule has 2 heterocycles. The molecule has 1 aliphatic rings. The molecule has 0 saturated heterocycles. The van der Waals surface area contributed by atoms with Crippen LogP contribution < -0.4 is 4.90 Å². The van der Waals surface area contributed by atoms with E-state index < -0.39 is 11.7 Å². The Morgan fingerprint density at radius 3 is 2.65 bits per heavy atom. The summed E-state index contributed by atoms with van der Waals surface area (Å²) in [7, 11) is 0. The third kappa shape index (κ3) is 2.10. The lowest BCUT2D eigenvalue weighted by Gasteiger charge is -2.16. The van der Waals surface area contributed by atoms with E-state index in [0.29, 0.717) is 21.4 Å². The van der Waals surface area contributed by atoms with Crippen LogP contribution in [0, 0.1) is 0 Å². The minimum Gasteiger partial charge on any atom is -0.298 e. The maximum absolute atomic E-state index is 12.1. The molecule has 0 fully saturated rings. The van der Waals surface area contributed by atoms with E-state index in [1.54, 1.807) is 30.3 Å². The summed E-state index contributed by atoms with van der Waals surface area (Å²) in [6, 6.07) is 8.40. The number of rotatable bonds is 2. The number of fused-ring (bicyclic) bond motifs is 1. The van der Waals surface area contributed by atoms with Crippen molar-refractivity contribution in [3.8, 4) is 0 Å². The van der Waals surface area contributed by atoms with Crippen LogP contribution in [0.15, 0.2) is 34.8 Å². The van der Waals surface area contributed by atoms with Crippen LogP contribution in [-0.2, 0) is 11.3 Å². The van der Waals surface area contributed by atoms with Crippen molar-refractivity contribution in [2.45, 2.75) is 6.54 Å². The molecular formula is C13H7BrClN3O2. The van der Waals surface area contributed by atoms with E-state index in [9.17, 15) is 9.59 Å². The van der Waals surface area contributed by atoms with Crippen LogP contribution in [-0.4, -0.2) is 21.9 Å². The Kier molecular flexibility index (Phi) is 3.27. The zero-order valence-corrected chi connectivity index (χ0v) is 12.3. The number of amides is 1. The molecule has 1 aliphatic heterocycles. The van der Waals surface area contributed by atoms with Gasteiger partial charge in [0.1, 0.15) is 0 Å². The summed E-state index contributed by atoms with van der Waals surface area (Å²) in [6.07, 6.45) is 0. The number of Topliss-reactive ketones (excluding diaryl/α,β-unsaturated/α-hetero) is 1. The highest BCUT2D eigenvalue weighted by atomic mass is 79.9. The number of ketones is 1. The number of carbonyl (C=O) groups is 2. The van der Waals surface area contributed by atoms with Crippen molar-refractivity contribution in [1.82, 2.24) is 10.2 Å². The number of halogens is 2. The maximum Gasteiger partial charge on any atom is 0.299 e. The molecule has 0 aliphatic carbocycles. The molecular weight excluding hydrogens is 346 g/mol. The van der Waals surface area contributed by atoms with Crippen LogP contribution in [0.3, 0.4) is 0 Å². The molecule has 1 aromatic heterocycles. The molecule has 7 heteroatoms. The number of benzene rings is 1. The van der Waals surface area contributed by atoms with Crippen molar-refractivity contribution in [2.75, 3.05) is 4.90 Å². The number of para-hydroxylation sites is 1. The van der Waals surface area contributed by atoms with E-state index in [1.807, 2.05) is 0 Å². The van der Waals surface area contributed by atoms with Crippen LogP contribution >= 0.6 is 27.5 Å². The minimum atomic E-state index is -0.566. The monoisotopic (exact) mass is 351 g/mol. The molecule has 0 radical (unpaired) electrons. The van der Waals surface area contributed by atoms with Crippen molar-refractivity contribution < 1.29 is 9.59 Å². The Balaban J connectivity index is 2.01. The van der Waals surface area contributed by atoms with E-state index in [2.05, 4.69) is 26.1 Å². The van der Waals surface area contributed by atoms with Gasteiger partial charge in [0.2, 0.25) is 0 Å². The largest absolute Gasteiger partial charge is 0.299 e. The zero-order chi connectivity index (χ0) is 14.3. The van der Waals surface area contributed by atoms with Crippen LogP contribution in [0.1, 0.15) is 16.1 Å². The van der Waals surface area contributed by atoms with Gasteiger partial charge in [0.25, 0.3) is 11.7 Å². The van der Waals surface area contributed by atoms with Gasteiger partial charge in [0, 0.05) is 4.47 Å². The zero-order valence-electron chi connectivity index (χ0n) is 10.0. The molecule has 0 saturated carbocycles. The second-order valence-corrected chi connectivity index (χ2v) is 5.45. The summed E-state index contributed by atoms with van der Waals surface area (Å²) in [5, 5.41) is 7.90. The third-order valence-electron chi connectivity index (χ3n) is 2.95. The molecule has 5 nitrogen and oxygen atoms in total. The Morgan fingerprint density at radius 2 is 1.95 bits per heavy atom. The first kappa shape index (κ1) is 13.2. The van der Waals surface area contributed by atoms with Gasteiger partial charge in [-0.25, -0.2) is 0 Å². The molecule has 0 spiro atoms. The quantitative estimate of drug-likeness (QED) is 0.780. The van der Waals surface area contributed by atoms with Crippen LogP contribution in [0.5, 0.6) is 0 Å². The van der Waals surface area contributed by atoms with Gasteiger partial charge >= 0.3 is 0 Å². The normalized spacial score (nSPS) is 13.8. The molecule has 0 unspecified atom stereocenters. The lowest BCUT2D eigenvalue weighted by Crippen LogP contribution is -2.29. The number of hydrogen-bond donors (Lipinski definition) is 0. The smallest absolute Gasteiger partial charge is 0.298 e. The number of aromatic nitrogens is 2. The Morgan fingerprint density at radius 1 is 1.15 bits per heavy atom. The highest BCUT2D eigenvalue weighted by Crippen LogP contribution is 2.36. The van der Waals surface area contributed by atoms with Crippen LogP contribution in [0.25, 0.3) is 0 Å². The molecule has 20 heavy (non-hydrogen) atoms. The maximum atomic E-state index is 12.1. The fourth-order valence-corrected chi connectivity index (χ4v) is 2.73. The van der Waals surface area contributed by atoms with E-state index in [0.717, 1.165) is 0 Å². The van der Waals surface area contributed by atoms with Crippen LogP contribution in [0.4, 0.5) is 5.69 Å². The van der Waals surface area contributed by atoms with Crippen molar-refractivity contribution in [3.63, 3.8) is 0 Å². The summed E-state index contributed by atoms with van der Waals surface area (Å²) in [4.78, 5) is 25.4. The van der Waals surface area contributed by atoms with Crippen molar-refractivity contribution in [2.24, 2.45) is 0 Å². The average molecular weight is 353 g/mol. The molecule has 3 rings (SSSR count). The third-order valence-corrected chi connectivity index (χ3v) is 3.79. The molecule has 0 bridgehead atoms. The number of carbonyl (C=O) groups excluding carboxylic acids is 2. The molecule has 1 aromatic carbocycles. The van der Waals surface area contributed by atoms with Gasteiger partial charge in [0.15, 0.2) is 5.15 Å². The fraction of sp³-hybridized carbons (Fsp3) is 0.0769. The molecule has 1 amide bonds. The first-order valence-corrected chi connectivity index (χ1v) is 6.88. The van der Waals surface area contributed by atoms with Crippen molar-refractivity contribution in [1.29, 1.82) is 0 Å². The van der Waals surface area contributed by atoms with E-state index in [1.165, 1.54) is 4.90 Å². The van der Waals surface area contributed by atoms with E-state index in [-0.39, 0.29) is 11.7 Å². The van der Waals surface area contributed by atoms with Gasteiger partial charge in [-0.05, 0) is 40.2 Å². The van der Waals surface area contributed by atoms with Gasteiger partial charge in [-0.3, -0.25) is 14.5 Å². The number of nitrogens with zero attached hydrogens (tertiary/aromatic N) is 3. The lowest BCUT2D eigenvalue weighted by atomic mass is 10.1. The second kappa shape index (κ2) is 4.96. The average Bonchev–Trinajstić information content (AvgIpc) is 2.68. The predicted molar refractivity (Wildman–Crippen MR) is 76.7 cm³/mol. The minimum absolute atomic E-state index is 0.171. The van der Waals surface area contributed by atoms with Crippen molar-refractivity contribution >= 4 is 44.9 Å². The molecule has 100 valence electrons. The topological polar surface area (TPSA) is 63.2 Å². The predicted octanol–water partition coefficient (Wildman–Crippen LogP) is 2.62. The first-order chi connectivity index (χ1) is 9.58. The van der Waals surface area contributed by atoms with Crippen molar-refractivity contribution in [3.05, 3.63) is 51.2 Å². The highest BCUT2D eigenvalue weighted by Gasteiger charge is 2.37. The highest BCUT2D eigenvalue weighted by molar-refractivity contribution is 9.10. The standard InChI is InChI=1S/C13H7BrClN3O2/c14-9-3-1-2-8-11(9)18(13(20)12(8)19)6-7-4-5-10(15)17-16-7/h1-5H,6H2. The van der Waals surface area contributed by atoms with Gasteiger partial charge in [-0.1, -0.05) is 17.7 Å². The summed E-state index contributed by atoms with van der Waals surface area (Å²) in [5.74, 6) is -1.08. The Labute approximate surface area is 127 Å². The Bertz CT molecular complexity index is 718. The summed E-state index contributed by atoms with van der Waals surface area (Å²) in [5.41, 5.74) is 1.52. The Hall–Kier alpha value is -1.79. The molecule has 0 atom stereocenters. The van der Waals surface area contributed by atoms with Crippen LogP contribution in [0.2, 0.25) is 5.15 Å². The van der Waals surface area contributed by atoms with E-state index >= 15 is 0 Å². The SMILES string of the molecule is O=C1C(=O)N(Cc2ccc(Cl)nn2)c2c(Br)cccc21. The number of anilines is 1. The summed E-state index contributed by atoms with van der Waals surface area (Å²) >= 11 is 9.04. The first-order valence-electron chi connectivity index (χ1n) is 5.71. The fourth-order valence-electron chi connectivity index (χ4n) is 2.05. The molecule has 2 aromatic rings. The summed E-state index contributed by atoms with van der Waals surface area (Å²) < 4.78 is 0.691. The lowest BCUT2D eigenvalue weighted by molar-refractivity contribution is -0.114. The second-order valence-electron chi connectivity index (χ2n) is 4.20. The van der Waals surface area contributed by atoms with Gasteiger partial charge in [-0.15, -0.1) is 5.10 Å². The van der Waals surface area contributed by atoms with Gasteiger partial charge in [-0.2, -0.15) is 5.10 Å². The van der Waals surface area contributed by atoms with E-state index in [4.69, 9.17) is 11.6 Å². The molecule has 0 N–H and O–H groups in total. The number of hydrogen-bond acceptors (Lipinski definition) is 4. The summed E-state index contributed by atoms with van der Waals surface area (Å²) in [6.45, 7) is 0.171. The van der Waals surface area contributed by atoms with Gasteiger partial charge in [0.05, 0.1) is 23.5 Å². The van der Waals surface area contributed by atoms with Gasteiger partial charge < -0.3 is 0 Å².